The molecule has 2 aromatic carbocycles. The van der Waals surface area contributed by atoms with Crippen LogP contribution in [0.15, 0.2) is 46.9 Å². The van der Waals surface area contributed by atoms with Gasteiger partial charge in [0.1, 0.15) is 5.75 Å². The largest absolute Gasteiger partial charge is 0.492 e. The van der Waals surface area contributed by atoms with Crippen LogP contribution in [0.2, 0.25) is 0 Å². The Labute approximate surface area is 168 Å². The Morgan fingerprint density at radius 2 is 1.74 bits per heavy atom. The van der Waals surface area contributed by atoms with E-state index in [0.29, 0.717) is 39.6 Å². The van der Waals surface area contributed by atoms with E-state index in [9.17, 15) is 9.59 Å². The third kappa shape index (κ3) is 6.10. The van der Waals surface area contributed by atoms with Crippen LogP contribution in [0, 0.1) is 5.92 Å². The molecular weight excluding hydrogens is 408 g/mol. The molecule has 0 aliphatic carbocycles. The minimum Gasteiger partial charge on any atom is -0.492 e. The van der Waals surface area contributed by atoms with E-state index < -0.39 is 0 Å². The molecule has 0 unspecified atom stereocenters. The third-order valence-corrected chi connectivity index (χ3v) is 4.23. The van der Waals surface area contributed by atoms with E-state index in [-0.39, 0.29) is 17.9 Å². The average Bonchev–Trinajstić information content (AvgIpc) is 2.60. The predicted molar refractivity (Wildman–Crippen MR) is 111 cm³/mol. The molecule has 0 saturated carbocycles. The first kappa shape index (κ1) is 21.0. The molecule has 6 heteroatoms. The highest BCUT2D eigenvalue weighted by molar-refractivity contribution is 9.10. The van der Waals surface area contributed by atoms with Crippen LogP contribution in [0.1, 0.15) is 48.4 Å². The molecule has 0 atom stereocenters. The van der Waals surface area contributed by atoms with E-state index in [1.54, 1.807) is 42.5 Å². The highest BCUT2D eigenvalue weighted by atomic mass is 79.9. The summed E-state index contributed by atoms with van der Waals surface area (Å²) in [5.41, 5.74) is 1.37. The highest BCUT2D eigenvalue weighted by Crippen LogP contribution is 2.27. The summed E-state index contributed by atoms with van der Waals surface area (Å²) in [4.78, 5) is 25.0. The molecule has 0 heterocycles. The number of nitrogens with one attached hydrogen (secondary N) is 2. The number of hydrogen-bond acceptors (Lipinski definition) is 3. The first-order chi connectivity index (χ1) is 12.8. The fourth-order valence-corrected chi connectivity index (χ4v) is 2.83. The molecule has 0 spiro atoms. The van der Waals surface area contributed by atoms with Gasteiger partial charge in [0.15, 0.2) is 0 Å². The molecule has 0 aromatic heterocycles. The van der Waals surface area contributed by atoms with Crippen molar-refractivity contribution in [2.24, 2.45) is 5.92 Å². The van der Waals surface area contributed by atoms with Crippen LogP contribution in [0.25, 0.3) is 0 Å². The molecule has 0 aliphatic heterocycles. The van der Waals surface area contributed by atoms with Crippen LogP contribution in [-0.2, 0) is 0 Å². The summed E-state index contributed by atoms with van der Waals surface area (Å²) in [7, 11) is 0. The lowest BCUT2D eigenvalue weighted by atomic mass is 10.1. The maximum atomic E-state index is 12.6. The van der Waals surface area contributed by atoms with Crippen molar-refractivity contribution >= 4 is 33.4 Å². The molecule has 2 rings (SSSR count). The summed E-state index contributed by atoms with van der Waals surface area (Å²) in [5, 5.41) is 5.65. The molecular formula is C21H25BrN2O3. The van der Waals surface area contributed by atoms with Gasteiger partial charge in [-0.1, -0.05) is 26.0 Å². The van der Waals surface area contributed by atoms with Crippen LogP contribution in [0.4, 0.5) is 5.69 Å². The number of carbonyl (C=O) groups excluding carboxylic acids is 2. The highest BCUT2D eigenvalue weighted by Gasteiger charge is 2.15. The fourth-order valence-electron chi connectivity index (χ4n) is 2.34. The number of para-hydroxylation sites is 1. The Kier molecular flexibility index (Phi) is 7.42. The van der Waals surface area contributed by atoms with E-state index in [0.717, 1.165) is 0 Å². The quantitative estimate of drug-likeness (QED) is 0.655. The molecule has 0 saturated heterocycles. The van der Waals surface area contributed by atoms with Crippen molar-refractivity contribution in [2.75, 3.05) is 11.9 Å². The second-order valence-electron chi connectivity index (χ2n) is 6.98. The van der Waals surface area contributed by atoms with Gasteiger partial charge in [-0.15, -0.1) is 0 Å². The number of carbonyl (C=O) groups is 2. The summed E-state index contributed by atoms with van der Waals surface area (Å²) in [5.74, 6) is 0.584. The lowest BCUT2D eigenvalue weighted by Crippen LogP contribution is -2.31. The molecule has 2 amide bonds. The number of hydrogen-bond donors (Lipinski definition) is 2. The van der Waals surface area contributed by atoms with Gasteiger partial charge in [-0.2, -0.15) is 0 Å². The van der Waals surface area contributed by atoms with Crippen molar-refractivity contribution in [3.63, 3.8) is 0 Å². The maximum absolute atomic E-state index is 12.6. The number of benzene rings is 2. The third-order valence-electron chi connectivity index (χ3n) is 3.61. The van der Waals surface area contributed by atoms with Crippen LogP contribution in [0.5, 0.6) is 5.75 Å². The Morgan fingerprint density at radius 1 is 1.04 bits per heavy atom. The fraction of sp³-hybridized carbons (Fsp3) is 0.333. The van der Waals surface area contributed by atoms with Gasteiger partial charge >= 0.3 is 0 Å². The summed E-state index contributed by atoms with van der Waals surface area (Å²) in [6.07, 6.45) is 0. The van der Waals surface area contributed by atoms with Gasteiger partial charge in [0.25, 0.3) is 11.8 Å². The molecule has 27 heavy (non-hydrogen) atoms. The topological polar surface area (TPSA) is 67.4 Å². The smallest absolute Gasteiger partial charge is 0.255 e. The van der Waals surface area contributed by atoms with Crippen LogP contribution in [0.3, 0.4) is 0 Å². The number of anilines is 1. The molecule has 0 fully saturated rings. The summed E-state index contributed by atoms with van der Waals surface area (Å²) >= 11 is 3.45. The number of halogens is 1. The van der Waals surface area contributed by atoms with E-state index >= 15 is 0 Å². The normalized spacial score (nSPS) is 10.8. The number of amides is 2. The SMILES string of the molecule is CC(C)COc1ccc(C(=O)Nc2ccccc2C(=O)NC(C)C)cc1Br. The van der Waals surface area contributed by atoms with Crippen molar-refractivity contribution in [3.05, 3.63) is 58.1 Å². The minimum absolute atomic E-state index is 0.00981. The Hall–Kier alpha value is -2.34. The van der Waals surface area contributed by atoms with Crippen LogP contribution in [-0.4, -0.2) is 24.5 Å². The zero-order chi connectivity index (χ0) is 20.0. The molecule has 144 valence electrons. The lowest BCUT2D eigenvalue weighted by molar-refractivity contribution is 0.0944. The monoisotopic (exact) mass is 432 g/mol. The van der Waals surface area contributed by atoms with Crippen molar-refractivity contribution in [1.82, 2.24) is 5.32 Å². The van der Waals surface area contributed by atoms with Gasteiger partial charge in [-0.05, 0) is 66.0 Å². The first-order valence-electron chi connectivity index (χ1n) is 8.91. The Morgan fingerprint density at radius 3 is 2.37 bits per heavy atom. The Balaban J connectivity index is 2.16. The van der Waals surface area contributed by atoms with Crippen molar-refractivity contribution in [3.8, 4) is 5.75 Å². The van der Waals surface area contributed by atoms with Gasteiger partial charge in [0, 0.05) is 11.6 Å². The lowest BCUT2D eigenvalue weighted by Gasteiger charge is -2.14. The molecule has 0 aliphatic rings. The van der Waals surface area contributed by atoms with E-state index in [2.05, 4.69) is 40.4 Å². The molecule has 0 bridgehead atoms. The molecule has 0 radical (unpaired) electrons. The van der Waals surface area contributed by atoms with Crippen LogP contribution >= 0.6 is 15.9 Å². The van der Waals surface area contributed by atoms with E-state index in [1.807, 2.05) is 13.8 Å². The zero-order valence-corrected chi connectivity index (χ0v) is 17.6. The first-order valence-corrected chi connectivity index (χ1v) is 9.70. The minimum atomic E-state index is -0.295. The second kappa shape index (κ2) is 9.55. The summed E-state index contributed by atoms with van der Waals surface area (Å²) in [6, 6.07) is 12.1. The number of rotatable bonds is 7. The van der Waals surface area contributed by atoms with E-state index in [4.69, 9.17) is 4.74 Å². The predicted octanol–water partition coefficient (Wildman–Crippen LogP) is 4.87. The number of ether oxygens (including phenoxy) is 1. The van der Waals surface area contributed by atoms with Gasteiger partial charge in [0.2, 0.25) is 0 Å². The standard InChI is InChI=1S/C21H25BrN2O3/c1-13(2)12-27-19-10-9-15(11-17(19)22)20(25)24-18-8-6-5-7-16(18)21(26)23-14(3)4/h5-11,13-14H,12H2,1-4H3,(H,23,26)(H,24,25). The van der Waals surface area contributed by atoms with Gasteiger partial charge in [0.05, 0.1) is 22.3 Å². The molecule has 5 nitrogen and oxygen atoms in total. The average molecular weight is 433 g/mol. The van der Waals surface area contributed by atoms with Gasteiger partial charge < -0.3 is 15.4 Å². The van der Waals surface area contributed by atoms with Gasteiger partial charge in [-0.3, -0.25) is 9.59 Å². The van der Waals surface area contributed by atoms with E-state index in [1.165, 1.54) is 0 Å². The summed E-state index contributed by atoms with van der Waals surface area (Å²) in [6.45, 7) is 8.52. The van der Waals surface area contributed by atoms with Crippen molar-refractivity contribution in [1.29, 1.82) is 0 Å². The van der Waals surface area contributed by atoms with Crippen molar-refractivity contribution < 1.29 is 14.3 Å². The molecule has 2 aromatic rings. The molecule has 2 N–H and O–H groups in total. The Bertz CT molecular complexity index is 819. The van der Waals surface area contributed by atoms with Crippen molar-refractivity contribution in [2.45, 2.75) is 33.7 Å². The van der Waals surface area contributed by atoms with Crippen LogP contribution < -0.4 is 15.4 Å². The second-order valence-corrected chi connectivity index (χ2v) is 7.83. The maximum Gasteiger partial charge on any atom is 0.255 e. The zero-order valence-electron chi connectivity index (χ0n) is 16.0. The summed E-state index contributed by atoms with van der Waals surface area (Å²) < 4.78 is 6.42. The van der Waals surface area contributed by atoms with Gasteiger partial charge in [-0.25, -0.2) is 0 Å².